The van der Waals surface area contributed by atoms with Gasteiger partial charge in [0, 0.05) is 33.4 Å². The van der Waals surface area contributed by atoms with E-state index in [1.165, 1.54) is 16.5 Å². The topological polar surface area (TPSA) is 64.5 Å². The van der Waals surface area contributed by atoms with Crippen LogP contribution in [0.5, 0.6) is 0 Å². The van der Waals surface area contributed by atoms with E-state index in [0.29, 0.717) is 23.3 Å². The average Bonchev–Trinajstić information content (AvgIpc) is 3.39. The first-order chi connectivity index (χ1) is 31.7. The van der Waals surface area contributed by atoms with Crippen molar-refractivity contribution >= 4 is 10.8 Å². The zero-order valence-corrected chi connectivity index (χ0v) is 34.8. The molecule has 9 aromatic carbocycles. The van der Waals surface area contributed by atoms with Crippen molar-refractivity contribution in [3.8, 4) is 101 Å². The van der Waals surface area contributed by atoms with Gasteiger partial charge in [-0.1, -0.05) is 218 Å². The van der Waals surface area contributed by atoms with Gasteiger partial charge in [-0.2, -0.15) is 0 Å². The van der Waals surface area contributed by atoms with Gasteiger partial charge in [0.25, 0.3) is 0 Å². The van der Waals surface area contributed by atoms with Crippen LogP contribution in [0.4, 0.5) is 0 Å². The van der Waals surface area contributed by atoms with Gasteiger partial charge in [0.15, 0.2) is 23.3 Å². The Balaban J connectivity index is 0.910. The summed E-state index contributed by atoms with van der Waals surface area (Å²) in [5.74, 6) is 2.59. The second-order valence-electron chi connectivity index (χ2n) is 15.7. The number of nitrogens with zero attached hydrogens (tertiary/aromatic N) is 5. The van der Waals surface area contributed by atoms with Crippen molar-refractivity contribution in [1.29, 1.82) is 0 Å². The molecule has 2 heterocycles. The molecule has 0 bridgehead atoms. The van der Waals surface area contributed by atoms with E-state index in [2.05, 4.69) is 164 Å². The summed E-state index contributed by atoms with van der Waals surface area (Å²) >= 11 is 0. The van der Waals surface area contributed by atoms with Crippen molar-refractivity contribution in [3.05, 3.63) is 237 Å². The van der Waals surface area contributed by atoms with Crippen LogP contribution in [0.15, 0.2) is 237 Å². The van der Waals surface area contributed by atoms with Gasteiger partial charge in [0.1, 0.15) is 0 Å². The van der Waals surface area contributed by atoms with Crippen LogP contribution in [0.25, 0.3) is 112 Å². The van der Waals surface area contributed by atoms with Crippen molar-refractivity contribution in [2.24, 2.45) is 0 Å². The molecule has 11 aromatic rings. The smallest absolute Gasteiger partial charge is 0.164 e. The highest BCUT2D eigenvalue weighted by atomic mass is 15.0. The van der Waals surface area contributed by atoms with Crippen LogP contribution in [-0.2, 0) is 0 Å². The average molecular weight is 818 g/mol. The first-order valence-corrected chi connectivity index (χ1v) is 21.4. The minimum absolute atomic E-state index is 0.624. The third-order valence-corrected chi connectivity index (χ3v) is 11.6. The fourth-order valence-corrected chi connectivity index (χ4v) is 8.23. The molecule has 5 heteroatoms. The summed E-state index contributed by atoms with van der Waals surface area (Å²) in [7, 11) is 0. The molecule has 0 aliphatic carbocycles. The van der Waals surface area contributed by atoms with Crippen LogP contribution in [-0.4, -0.2) is 24.9 Å². The van der Waals surface area contributed by atoms with Crippen LogP contribution in [0, 0.1) is 0 Å². The van der Waals surface area contributed by atoms with Crippen molar-refractivity contribution < 1.29 is 0 Å². The second kappa shape index (κ2) is 17.0. The maximum atomic E-state index is 5.06. The molecular weight excluding hydrogens is 779 g/mol. The lowest BCUT2D eigenvalue weighted by atomic mass is 9.94. The monoisotopic (exact) mass is 817 g/mol. The quantitative estimate of drug-likeness (QED) is 0.145. The Kier molecular flexibility index (Phi) is 10.2. The van der Waals surface area contributed by atoms with Crippen LogP contribution in [0.2, 0.25) is 0 Å². The van der Waals surface area contributed by atoms with Gasteiger partial charge < -0.3 is 0 Å². The van der Waals surface area contributed by atoms with Gasteiger partial charge in [0.2, 0.25) is 0 Å². The molecule has 5 nitrogen and oxygen atoms in total. The van der Waals surface area contributed by atoms with E-state index in [1.54, 1.807) is 0 Å². The van der Waals surface area contributed by atoms with E-state index >= 15 is 0 Å². The lowest BCUT2D eigenvalue weighted by Gasteiger charge is -2.12. The van der Waals surface area contributed by atoms with E-state index in [9.17, 15) is 0 Å². The van der Waals surface area contributed by atoms with Crippen molar-refractivity contribution in [3.63, 3.8) is 0 Å². The fourth-order valence-electron chi connectivity index (χ4n) is 8.23. The molecule has 0 aliphatic heterocycles. The Morgan fingerprint density at radius 1 is 0.203 bits per heavy atom. The number of aromatic nitrogens is 5. The molecule has 300 valence electrons. The van der Waals surface area contributed by atoms with Crippen molar-refractivity contribution in [2.75, 3.05) is 0 Å². The number of fused-ring (bicyclic) bond motifs is 1. The van der Waals surface area contributed by atoms with Crippen LogP contribution in [0.1, 0.15) is 0 Å². The summed E-state index contributed by atoms with van der Waals surface area (Å²) in [5, 5.41) is 2.34. The molecule has 0 radical (unpaired) electrons. The Morgan fingerprint density at radius 3 is 1.19 bits per heavy atom. The summed E-state index contributed by atoms with van der Waals surface area (Å²) in [6.07, 6.45) is 0. The molecule has 0 amide bonds. The molecule has 11 rings (SSSR count). The summed E-state index contributed by atoms with van der Waals surface area (Å²) < 4.78 is 0. The molecule has 0 spiro atoms. The maximum absolute atomic E-state index is 5.06. The minimum atomic E-state index is 0.624. The summed E-state index contributed by atoms with van der Waals surface area (Å²) in [6.45, 7) is 0. The number of hydrogen-bond acceptors (Lipinski definition) is 5. The summed E-state index contributed by atoms with van der Waals surface area (Å²) in [4.78, 5) is 25.1. The summed E-state index contributed by atoms with van der Waals surface area (Å²) in [5.41, 5.74) is 14.5. The molecule has 0 atom stereocenters. The maximum Gasteiger partial charge on any atom is 0.164 e. The normalized spacial score (nSPS) is 11.1. The highest BCUT2D eigenvalue weighted by Gasteiger charge is 2.15. The predicted octanol–water partition coefficient (Wildman–Crippen LogP) is 14.8. The second-order valence-corrected chi connectivity index (χ2v) is 15.7. The molecule has 0 N–H and O–H groups in total. The van der Waals surface area contributed by atoms with E-state index in [1.807, 2.05) is 72.8 Å². The number of benzene rings is 9. The molecule has 0 aliphatic rings. The Labute approximate surface area is 372 Å². The van der Waals surface area contributed by atoms with Gasteiger partial charge in [-0.05, 0) is 62.4 Å². The highest BCUT2D eigenvalue weighted by Crippen LogP contribution is 2.35. The lowest BCUT2D eigenvalue weighted by Crippen LogP contribution is -2.00. The molecule has 0 fully saturated rings. The standard InChI is InChI=1S/C59H39N5/c1-5-15-40(16-6-1)41-27-33-47(34-28-41)58-62-57(46-21-11-4-12-22-46)63-59(64-58)51-25-13-23-48(38-51)49-35-36-53-50(37-49)24-14-26-52(53)42-29-31-44(32-30-42)55-39-54(43-17-7-2-8-18-43)60-56(61-55)45-19-9-3-10-20-45/h1-39H. The van der Waals surface area contributed by atoms with E-state index in [4.69, 9.17) is 24.9 Å². The third-order valence-electron chi connectivity index (χ3n) is 11.6. The van der Waals surface area contributed by atoms with Crippen molar-refractivity contribution in [1.82, 2.24) is 24.9 Å². The Bertz CT molecular complexity index is 3330. The molecule has 2 aromatic heterocycles. The van der Waals surface area contributed by atoms with Gasteiger partial charge in [-0.3, -0.25) is 0 Å². The number of hydrogen-bond donors (Lipinski definition) is 0. The third kappa shape index (κ3) is 7.86. The predicted molar refractivity (Wildman–Crippen MR) is 262 cm³/mol. The lowest BCUT2D eigenvalue weighted by molar-refractivity contribution is 1.07. The van der Waals surface area contributed by atoms with E-state index in [0.717, 1.165) is 72.4 Å². The van der Waals surface area contributed by atoms with Gasteiger partial charge >= 0.3 is 0 Å². The van der Waals surface area contributed by atoms with Crippen LogP contribution >= 0.6 is 0 Å². The minimum Gasteiger partial charge on any atom is -0.228 e. The summed E-state index contributed by atoms with van der Waals surface area (Å²) in [6, 6.07) is 81.9. The van der Waals surface area contributed by atoms with Gasteiger partial charge in [-0.25, -0.2) is 24.9 Å². The molecule has 0 saturated heterocycles. The number of rotatable bonds is 9. The first kappa shape index (κ1) is 38.3. The van der Waals surface area contributed by atoms with Crippen molar-refractivity contribution in [2.45, 2.75) is 0 Å². The van der Waals surface area contributed by atoms with E-state index in [-0.39, 0.29) is 0 Å². The highest BCUT2D eigenvalue weighted by molar-refractivity contribution is 5.99. The molecule has 0 saturated carbocycles. The van der Waals surface area contributed by atoms with Crippen LogP contribution in [0.3, 0.4) is 0 Å². The van der Waals surface area contributed by atoms with Crippen LogP contribution < -0.4 is 0 Å². The first-order valence-electron chi connectivity index (χ1n) is 21.4. The van der Waals surface area contributed by atoms with Gasteiger partial charge in [0.05, 0.1) is 11.4 Å². The Morgan fingerprint density at radius 2 is 0.578 bits per heavy atom. The SMILES string of the molecule is c1ccc(-c2ccc(-c3nc(-c4ccccc4)nc(-c4cccc(-c5ccc6c(-c7ccc(-c8cc(-c9ccccc9)nc(-c9ccccc9)n8)cc7)cccc6c5)c4)n3)cc2)cc1. The Hall–Kier alpha value is -8.67. The largest absolute Gasteiger partial charge is 0.228 e. The zero-order valence-electron chi connectivity index (χ0n) is 34.8. The molecule has 0 unspecified atom stereocenters. The van der Waals surface area contributed by atoms with E-state index < -0.39 is 0 Å². The molecular formula is C59H39N5. The molecule has 64 heavy (non-hydrogen) atoms. The fraction of sp³-hybridized carbons (Fsp3) is 0. The van der Waals surface area contributed by atoms with Gasteiger partial charge in [-0.15, -0.1) is 0 Å². The zero-order chi connectivity index (χ0) is 42.7.